The lowest BCUT2D eigenvalue weighted by atomic mass is 9.77. The van der Waals surface area contributed by atoms with E-state index >= 15 is 0 Å². The second-order valence-electron chi connectivity index (χ2n) is 4.47. The van der Waals surface area contributed by atoms with Gasteiger partial charge in [-0.1, -0.05) is 19.3 Å². The van der Waals surface area contributed by atoms with E-state index in [4.69, 9.17) is 5.73 Å². The molecule has 1 saturated carbocycles. The Balaban J connectivity index is 2.39. The van der Waals surface area contributed by atoms with Crippen molar-refractivity contribution in [1.29, 1.82) is 0 Å². The molecule has 0 aromatic heterocycles. The molecule has 0 radical (unpaired) electrons. The van der Waals surface area contributed by atoms with Crippen LogP contribution in [0.5, 0.6) is 0 Å². The van der Waals surface area contributed by atoms with Crippen molar-refractivity contribution in [2.45, 2.75) is 37.6 Å². The van der Waals surface area contributed by atoms with E-state index in [2.05, 4.69) is 0 Å². The number of benzene rings is 1. The zero-order chi connectivity index (χ0) is 11.8. The zero-order valence-electron chi connectivity index (χ0n) is 8.90. The van der Waals surface area contributed by atoms with Gasteiger partial charge >= 0.3 is 0 Å². The Labute approximate surface area is 92.5 Å². The number of rotatable bonds is 1. The van der Waals surface area contributed by atoms with E-state index in [1.165, 1.54) is 0 Å². The summed E-state index contributed by atoms with van der Waals surface area (Å²) >= 11 is 0. The van der Waals surface area contributed by atoms with Crippen molar-refractivity contribution in [3.8, 4) is 0 Å². The largest absolute Gasteiger partial charge is 0.321 e. The fourth-order valence-corrected chi connectivity index (χ4v) is 2.31. The first-order valence-electron chi connectivity index (χ1n) is 5.47. The van der Waals surface area contributed by atoms with Crippen LogP contribution in [-0.2, 0) is 5.54 Å². The summed E-state index contributed by atoms with van der Waals surface area (Å²) in [5.74, 6) is -3.75. The van der Waals surface area contributed by atoms with Gasteiger partial charge in [0.1, 0.15) is 0 Å². The Morgan fingerprint density at radius 1 is 0.938 bits per heavy atom. The summed E-state index contributed by atoms with van der Waals surface area (Å²) in [5.41, 5.74) is 5.78. The molecule has 0 saturated heterocycles. The van der Waals surface area contributed by atoms with Crippen molar-refractivity contribution in [3.05, 3.63) is 35.1 Å². The van der Waals surface area contributed by atoms with Crippen LogP contribution in [0.2, 0.25) is 0 Å². The normalized spacial score (nSPS) is 19.8. The van der Waals surface area contributed by atoms with Crippen LogP contribution in [0.3, 0.4) is 0 Å². The first-order chi connectivity index (χ1) is 7.53. The smallest absolute Gasteiger partial charge is 0.194 e. The summed E-state index contributed by atoms with van der Waals surface area (Å²) in [6, 6.07) is 2.04. The summed E-state index contributed by atoms with van der Waals surface area (Å²) in [5, 5.41) is 0. The Hall–Kier alpha value is -1.03. The first kappa shape index (κ1) is 11.5. The van der Waals surface area contributed by atoms with Gasteiger partial charge in [-0.05, 0) is 30.5 Å². The van der Waals surface area contributed by atoms with Gasteiger partial charge in [0, 0.05) is 5.54 Å². The fraction of sp³-hybridized carbons (Fsp3) is 0.500. The highest BCUT2D eigenvalue weighted by Crippen LogP contribution is 2.35. The highest BCUT2D eigenvalue weighted by molar-refractivity contribution is 5.27. The molecule has 1 aliphatic carbocycles. The lowest BCUT2D eigenvalue weighted by Crippen LogP contribution is -2.38. The van der Waals surface area contributed by atoms with Gasteiger partial charge in [0.2, 0.25) is 0 Å². The second kappa shape index (κ2) is 4.09. The van der Waals surface area contributed by atoms with Crippen molar-refractivity contribution in [3.63, 3.8) is 0 Å². The average molecular weight is 229 g/mol. The standard InChI is InChI=1S/C12H14F3N/c13-9-6-8(7-10(14)11(9)15)12(16)4-2-1-3-5-12/h6-7H,1-5,16H2. The second-order valence-corrected chi connectivity index (χ2v) is 4.47. The fourth-order valence-electron chi connectivity index (χ4n) is 2.31. The van der Waals surface area contributed by atoms with E-state index < -0.39 is 23.0 Å². The van der Waals surface area contributed by atoms with Crippen molar-refractivity contribution in [1.82, 2.24) is 0 Å². The number of hydrogen-bond donors (Lipinski definition) is 1. The van der Waals surface area contributed by atoms with Gasteiger partial charge in [-0.15, -0.1) is 0 Å². The minimum absolute atomic E-state index is 0.364. The zero-order valence-corrected chi connectivity index (χ0v) is 8.90. The van der Waals surface area contributed by atoms with E-state index in [1.54, 1.807) is 0 Å². The van der Waals surface area contributed by atoms with E-state index in [0.717, 1.165) is 31.4 Å². The molecule has 1 aliphatic rings. The molecule has 2 N–H and O–H groups in total. The Kier molecular flexibility index (Phi) is 2.93. The molecule has 2 rings (SSSR count). The van der Waals surface area contributed by atoms with Crippen LogP contribution in [0.4, 0.5) is 13.2 Å². The van der Waals surface area contributed by atoms with Gasteiger partial charge in [-0.3, -0.25) is 0 Å². The summed E-state index contributed by atoms with van der Waals surface area (Å²) in [4.78, 5) is 0. The predicted octanol–water partition coefficient (Wildman–Crippen LogP) is 3.22. The summed E-state index contributed by atoms with van der Waals surface area (Å²) in [6.45, 7) is 0. The lowest BCUT2D eigenvalue weighted by Gasteiger charge is -2.34. The average Bonchev–Trinajstić information content (AvgIpc) is 2.26. The Morgan fingerprint density at radius 3 is 1.94 bits per heavy atom. The highest BCUT2D eigenvalue weighted by atomic mass is 19.2. The molecule has 0 spiro atoms. The third kappa shape index (κ3) is 1.94. The maximum absolute atomic E-state index is 13.1. The third-order valence-corrected chi connectivity index (χ3v) is 3.30. The maximum Gasteiger partial charge on any atom is 0.194 e. The highest BCUT2D eigenvalue weighted by Gasteiger charge is 2.31. The monoisotopic (exact) mass is 229 g/mol. The molecule has 1 aromatic rings. The topological polar surface area (TPSA) is 26.0 Å². The van der Waals surface area contributed by atoms with Crippen molar-refractivity contribution in [2.24, 2.45) is 5.73 Å². The Morgan fingerprint density at radius 2 is 1.44 bits per heavy atom. The van der Waals surface area contributed by atoms with Crippen molar-refractivity contribution >= 4 is 0 Å². The first-order valence-corrected chi connectivity index (χ1v) is 5.47. The molecular weight excluding hydrogens is 215 g/mol. The van der Waals surface area contributed by atoms with E-state index in [1.807, 2.05) is 0 Å². The molecule has 4 heteroatoms. The van der Waals surface area contributed by atoms with Gasteiger partial charge < -0.3 is 5.73 Å². The van der Waals surface area contributed by atoms with Crippen LogP contribution >= 0.6 is 0 Å². The third-order valence-electron chi connectivity index (χ3n) is 3.30. The quantitative estimate of drug-likeness (QED) is 0.735. The molecule has 1 nitrogen and oxygen atoms in total. The minimum atomic E-state index is -1.43. The molecular formula is C12H14F3N. The van der Waals surface area contributed by atoms with Crippen LogP contribution in [0.15, 0.2) is 12.1 Å². The van der Waals surface area contributed by atoms with Gasteiger partial charge in [0.15, 0.2) is 17.5 Å². The predicted molar refractivity (Wildman–Crippen MR) is 55.3 cm³/mol. The molecule has 16 heavy (non-hydrogen) atoms. The van der Waals surface area contributed by atoms with E-state index in [0.29, 0.717) is 18.4 Å². The van der Waals surface area contributed by atoms with Crippen molar-refractivity contribution < 1.29 is 13.2 Å². The van der Waals surface area contributed by atoms with Crippen LogP contribution in [-0.4, -0.2) is 0 Å². The molecule has 0 heterocycles. The number of hydrogen-bond acceptors (Lipinski definition) is 1. The summed E-state index contributed by atoms with van der Waals surface area (Å²) in [7, 11) is 0. The molecule has 1 aromatic carbocycles. The van der Waals surface area contributed by atoms with Crippen LogP contribution in [0.25, 0.3) is 0 Å². The van der Waals surface area contributed by atoms with E-state index in [9.17, 15) is 13.2 Å². The maximum atomic E-state index is 13.1. The van der Waals surface area contributed by atoms with Crippen LogP contribution in [0.1, 0.15) is 37.7 Å². The molecule has 0 bridgehead atoms. The molecule has 0 atom stereocenters. The summed E-state index contributed by atoms with van der Waals surface area (Å²) < 4.78 is 39.0. The minimum Gasteiger partial charge on any atom is -0.321 e. The molecule has 0 unspecified atom stereocenters. The van der Waals surface area contributed by atoms with Gasteiger partial charge in [-0.25, -0.2) is 13.2 Å². The SMILES string of the molecule is NC1(c2cc(F)c(F)c(F)c2)CCCCC1. The molecule has 0 amide bonds. The Bertz CT molecular complexity index is 374. The molecule has 0 aliphatic heterocycles. The number of halogens is 3. The van der Waals surface area contributed by atoms with Gasteiger partial charge in [0.25, 0.3) is 0 Å². The molecule has 88 valence electrons. The summed E-state index contributed by atoms with van der Waals surface area (Å²) in [6.07, 6.45) is 4.36. The lowest BCUT2D eigenvalue weighted by molar-refractivity contribution is 0.298. The van der Waals surface area contributed by atoms with Crippen LogP contribution in [0, 0.1) is 17.5 Å². The van der Waals surface area contributed by atoms with Gasteiger partial charge in [0.05, 0.1) is 0 Å². The number of nitrogens with two attached hydrogens (primary N) is 1. The van der Waals surface area contributed by atoms with Crippen molar-refractivity contribution in [2.75, 3.05) is 0 Å². The molecule has 1 fully saturated rings. The van der Waals surface area contributed by atoms with E-state index in [-0.39, 0.29) is 0 Å². The van der Waals surface area contributed by atoms with Gasteiger partial charge in [-0.2, -0.15) is 0 Å². The van der Waals surface area contributed by atoms with Crippen LogP contribution < -0.4 is 5.73 Å².